The molecule has 1 amide bonds. The van der Waals surface area contributed by atoms with Gasteiger partial charge in [0, 0.05) is 11.6 Å². The minimum Gasteiger partial charge on any atom is -0.506 e. The molecule has 0 aliphatic heterocycles. The zero-order valence-electron chi connectivity index (χ0n) is 14.6. The largest absolute Gasteiger partial charge is 0.506 e. The molecule has 0 spiro atoms. The van der Waals surface area contributed by atoms with Gasteiger partial charge in [-0.2, -0.15) is 0 Å². The van der Waals surface area contributed by atoms with Crippen molar-refractivity contribution in [2.75, 3.05) is 19.5 Å². The van der Waals surface area contributed by atoms with Crippen molar-refractivity contribution in [3.63, 3.8) is 0 Å². The molecule has 0 aromatic heterocycles. The Hall–Kier alpha value is -2.69. The minimum atomic E-state index is -0.353. The van der Waals surface area contributed by atoms with Crippen molar-refractivity contribution in [1.82, 2.24) is 0 Å². The van der Waals surface area contributed by atoms with Crippen LogP contribution in [0.5, 0.6) is 17.2 Å². The lowest BCUT2D eigenvalue weighted by molar-refractivity contribution is 0.102. The molecule has 0 saturated heterocycles. The molecule has 0 saturated carbocycles. The van der Waals surface area contributed by atoms with Crippen LogP contribution in [0.15, 0.2) is 36.4 Å². The molecule has 0 fully saturated rings. The molecule has 128 valence electrons. The fourth-order valence-corrected chi connectivity index (χ4v) is 2.24. The van der Waals surface area contributed by atoms with Crippen LogP contribution in [0.25, 0.3) is 0 Å². The smallest absolute Gasteiger partial charge is 0.256 e. The van der Waals surface area contributed by atoms with Gasteiger partial charge in [0.05, 0.1) is 19.9 Å². The minimum absolute atomic E-state index is 0.0196. The number of carbonyl (C=O) groups is 1. The highest BCUT2D eigenvalue weighted by Gasteiger charge is 2.17. The first kappa shape index (κ1) is 17.7. The highest BCUT2D eigenvalue weighted by atomic mass is 16.5. The number of ether oxygens (including phenoxy) is 2. The highest BCUT2D eigenvalue weighted by molar-refractivity contribution is 6.05. The Balaban J connectivity index is 2.33. The van der Waals surface area contributed by atoms with Crippen molar-refractivity contribution < 1.29 is 19.4 Å². The van der Waals surface area contributed by atoms with E-state index in [1.165, 1.54) is 14.2 Å². The van der Waals surface area contributed by atoms with E-state index < -0.39 is 0 Å². The first-order chi connectivity index (χ1) is 11.2. The second-order valence-corrected chi connectivity index (χ2v) is 6.54. The molecule has 24 heavy (non-hydrogen) atoms. The summed E-state index contributed by atoms with van der Waals surface area (Å²) in [4.78, 5) is 12.5. The standard InChI is InChI=1S/C19H23NO4/c1-19(2,3)13-6-7-17(21)16(10-13)20-18(22)12-8-14(23-4)11-15(9-12)24-5/h6-11,21H,1-5H3,(H,20,22). The van der Waals surface area contributed by atoms with Crippen LogP contribution >= 0.6 is 0 Å². The third-order valence-electron chi connectivity index (χ3n) is 3.72. The normalized spacial score (nSPS) is 11.0. The molecule has 0 aliphatic carbocycles. The number of rotatable bonds is 4. The van der Waals surface area contributed by atoms with E-state index in [9.17, 15) is 9.90 Å². The maximum atomic E-state index is 12.5. The summed E-state index contributed by atoms with van der Waals surface area (Å²) < 4.78 is 10.4. The Morgan fingerprint density at radius 3 is 2.08 bits per heavy atom. The predicted molar refractivity (Wildman–Crippen MR) is 94.3 cm³/mol. The number of methoxy groups -OCH3 is 2. The van der Waals surface area contributed by atoms with Gasteiger partial charge in [-0.3, -0.25) is 4.79 Å². The van der Waals surface area contributed by atoms with Gasteiger partial charge >= 0.3 is 0 Å². The zero-order chi connectivity index (χ0) is 17.9. The molecule has 0 radical (unpaired) electrons. The number of hydrogen-bond donors (Lipinski definition) is 2. The molecule has 0 heterocycles. The van der Waals surface area contributed by atoms with Crippen molar-refractivity contribution >= 4 is 11.6 Å². The lowest BCUT2D eigenvalue weighted by Crippen LogP contribution is -2.15. The Morgan fingerprint density at radius 2 is 1.58 bits per heavy atom. The summed E-state index contributed by atoms with van der Waals surface area (Å²) in [6, 6.07) is 10.1. The monoisotopic (exact) mass is 329 g/mol. The average Bonchev–Trinajstić information content (AvgIpc) is 2.55. The van der Waals surface area contributed by atoms with Gasteiger partial charge in [0.15, 0.2) is 0 Å². The highest BCUT2D eigenvalue weighted by Crippen LogP contribution is 2.31. The van der Waals surface area contributed by atoms with Crippen LogP contribution in [0.4, 0.5) is 5.69 Å². The average molecular weight is 329 g/mol. The van der Waals surface area contributed by atoms with Gasteiger partial charge in [-0.05, 0) is 35.2 Å². The Morgan fingerprint density at radius 1 is 1.00 bits per heavy atom. The third kappa shape index (κ3) is 3.98. The molecule has 5 nitrogen and oxygen atoms in total. The maximum Gasteiger partial charge on any atom is 0.256 e. The number of phenolic OH excluding ortho intramolecular Hbond substituents is 1. The number of nitrogens with one attached hydrogen (secondary N) is 1. The molecule has 0 bridgehead atoms. The number of benzene rings is 2. The van der Waals surface area contributed by atoms with E-state index in [0.29, 0.717) is 22.7 Å². The van der Waals surface area contributed by atoms with Crippen molar-refractivity contribution in [3.8, 4) is 17.2 Å². The quantitative estimate of drug-likeness (QED) is 0.833. The van der Waals surface area contributed by atoms with Gasteiger partial charge in [-0.25, -0.2) is 0 Å². The van der Waals surface area contributed by atoms with E-state index in [0.717, 1.165) is 5.56 Å². The van der Waals surface area contributed by atoms with Gasteiger partial charge in [0.2, 0.25) is 0 Å². The summed E-state index contributed by atoms with van der Waals surface area (Å²) in [5, 5.41) is 12.8. The fraction of sp³-hybridized carbons (Fsp3) is 0.316. The third-order valence-corrected chi connectivity index (χ3v) is 3.72. The van der Waals surface area contributed by atoms with Crippen LogP contribution in [0.3, 0.4) is 0 Å². The van der Waals surface area contributed by atoms with Gasteiger partial charge in [-0.1, -0.05) is 26.8 Å². The molecule has 2 aromatic carbocycles. The first-order valence-corrected chi connectivity index (χ1v) is 7.62. The van der Waals surface area contributed by atoms with Crippen molar-refractivity contribution in [2.45, 2.75) is 26.2 Å². The Kier molecular flexibility index (Phi) is 5.02. The van der Waals surface area contributed by atoms with Crippen LogP contribution in [0.1, 0.15) is 36.7 Å². The van der Waals surface area contributed by atoms with Crippen LogP contribution in [-0.4, -0.2) is 25.2 Å². The second-order valence-electron chi connectivity index (χ2n) is 6.54. The molecule has 2 N–H and O–H groups in total. The summed E-state index contributed by atoms with van der Waals surface area (Å²) in [5.74, 6) is 0.707. The fourth-order valence-electron chi connectivity index (χ4n) is 2.24. The molecular formula is C19H23NO4. The van der Waals surface area contributed by atoms with Crippen LogP contribution in [0, 0.1) is 0 Å². The number of anilines is 1. The second kappa shape index (κ2) is 6.83. The maximum absolute atomic E-state index is 12.5. The van der Waals surface area contributed by atoms with E-state index in [4.69, 9.17) is 9.47 Å². The summed E-state index contributed by atoms with van der Waals surface area (Å²) in [6.07, 6.45) is 0. The molecule has 5 heteroatoms. The summed E-state index contributed by atoms with van der Waals surface area (Å²) in [5.41, 5.74) is 1.67. The van der Waals surface area contributed by atoms with E-state index >= 15 is 0 Å². The first-order valence-electron chi connectivity index (χ1n) is 7.62. The van der Waals surface area contributed by atoms with Gasteiger partial charge < -0.3 is 19.9 Å². The molecule has 2 aromatic rings. The van der Waals surface area contributed by atoms with Crippen LogP contribution in [0.2, 0.25) is 0 Å². The van der Waals surface area contributed by atoms with Crippen molar-refractivity contribution in [1.29, 1.82) is 0 Å². The van der Waals surface area contributed by atoms with Crippen LogP contribution < -0.4 is 14.8 Å². The zero-order valence-corrected chi connectivity index (χ0v) is 14.6. The number of hydrogen-bond acceptors (Lipinski definition) is 4. The summed E-state index contributed by atoms with van der Waals surface area (Å²) >= 11 is 0. The summed E-state index contributed by atoms with van der Waals surface area (Å²) in [6.45, 7) is 6.20. The Bertz CT molecular complexity index is 725. The number of carbonyl (C=O) groups excluding carboxylic acids is 1. The molecule has 2 rings (SSSR count). The number of amides is 1. The van der Waals surface area contributed by atoms with Crippen molar-refractivity contribution in [3.05, 3.63) is 47.5 Å². The predicted octanol–water partition coefficient (Wildman–Crippen LogP) is 3.96. The topological polar surface area (TPSA) is 67.8 Å². The van der Waals surface area contributed by atoms with Crippen molar-refractivity contribution in [2.24, 2.45) is 0 Å². The number of aromatic hydroxyl groups is 1. The van der Waals surface area contributed by atoms with Gasteiger partial charge in [-0.15, -0.1) is 0 Å². The van der Waals surface area contributed by atoms with E-state index in [-0.39, 0.29) is 17.1 Å². The molecule has 0 unspecified atom stereocenters. The van der Waals surface area contributed by atoms with Crippen LogP contribution in [-0.2, 0) is 5.41 Å². The van der Waals surface area contributed by atoms with Gasteiger partial charge in [0.1, 0.15) is 17.2 Å². The van der Waals surface area contributed by atoms with E-state index in [1.54, 1.807) is 30.3 Å². The summed E-state index contributed by atoms with van der Waals surface area (Å²) in [7, 11) is 3.05. The number of phenols is 1. The molecular weight excluding hydrogens is 306 g/mol. The molecule has 0 aliphatic rings. The lowest BCUT2D eigenvalue weighted by Gasteiger charge is -2.20. The van der Waals surface area contributed by atoms with Gasteiger partial charge in [0.25, 0.3) is 5.91 Å². The lowest BCUT2D eigenvalue weighted by atomic mass is 9.87. The molecule has 0 atom stereocenters. The van der Waals surface area contributed by atoms with E-state index in [1.807, 2.05) is 6.07 Å². The SMILES string of the molecule is COc1cc(OC)cc(C(=O)Nc2cc(C(C)(C)C)ccc2O)c1. The Labute approximate surface area is 142 Å². The van der Waals surface area contributed by atoms with E-state index in [2.05, 4.69) is 26.1 Å².